The molecule has 1 aromatic carbocycles. The summed E-state index contributed by atoms with van der Waals surface area (Å²) in [5.41, 5.74) is 6.69. The molecule has 0 heterocycles. The zero-order valence-corrected chi connectivity index (χ0v) is 11.6. The minimum Gasteiger partial charge on any atom is -0.492 e. The molecule has 0 unspecified atom stereocenters. The molecule has 1 aliphatic rings. The number of ether oxygens (including phenoxy) is 1. The van der Waals surface area contributed by atoms with Crippen LogP contribution in [-0.4, -0.2) is 42.9 Å². The summed E-state index contributed by atoms with van der Waals surface area (Å²) in [5.74, 6) is 1.54. The average Bonchev–Trinajstić information content (AvgIpc) is 2.37. The number of benzene rings is 1. The molecule has 106 valence electrons. The number of nitrogens with zero attached hydrogens (tertiary/aromatic N) is 1. The van der Waals surface area contributed by atoms with Crippen LogP contribution in [0.3, 0.4) is 0 Å². The summed E-state index contributed by atoms with van der Waals surface area (Å²) in [7, 11) is 2.10. The lowest BCUT2D eigenvalue weighted by Gasteiger charge is -2.34. The molecule has 0 atom stereocenters. The summed E-state index contributed by atoms with van der Waals surface area (Å²) < 4.78 is 5.73. The van der Waals surface area contributed by atoms with Crippen LogP contribution in [-0.2, 0) is 6.54 Å². The highest BCUT2D eigenvalue weighted by Crippen LogP contribution is 2.27. The number of likely N-dealkylation sites (N-methyl/N-ethyl adjacent to an activating group) is 1. The van der Waals surface area contributed by atoms with Crippen LogP contribution in [0.25, 0.3) is 0 Å². The zero-order valence-electron chi connectivity index (χ0n) is 11.6. The van der Waals surface area contributed by atoms with E-state index in [1.165, 1.54) is 0 Å². The number of aliphatic hydroxyl groups is 1. The molecule has 3 N–H and O–H groups in total. The van der Waals surface area contributed by atoms with Gasteiger partial charge in [-0.1, -0.05) is 12.1 Å². The lowest BCUT2D eigenvalue weighted by atomic mass is 9.82. The van der Waals surface area contributed by atoms with Gasteiger partial charge in [-0.05, 0) is 43.5 Å². The van der Waals surface area contributed by atoms with Gasteiger partial charge in [0.05, 0.1) is 6.10 Å². The van der Waals surface area contributed by atoms with E-state index in [-0.39, 0.29) is 6.10 Å². The SMILES string of the molecule is CN(CCOc1cccc(CN)c1)CC1CC(O)C1. The topological polar surface area (TPSA) is 58.7 Å². The maximum Gasteiger partial charge on any atom is 0.119 e. The van der Waals surface area contributed by atoms with Crippen LogP contribution in [0.2, 0.25) is 0 Å². The minimum atomic E-state index is -0.0614. The molecule has 0 amide bonds. The molecular formula is C15H24N2O2. The summed E-state index contributed by atoms with van der Waals surface area (Å²) in [6.07, 6.45) is 1.83. The summed E-state index contributed by atoms with van der Waals surface area (Å²) in [5, 5.41) is 9.25. The Morgan fingerprint density at radius 2 is 2.21 bits per heavy atom. The number of rotatable bonds is 7. The van der Waals surface area contributed by atoms with E-state index in [1.807, 2.05) is 24.3 Å². The van der Waals surface area contributed by atoms with Gasteiger partial charge in [0.1, 0.15) is 12.4 Å². The van der Waals surface area contributed by atoms with Gasteiger partial charge in [0, 0.05) is 19.6 Å². The zero-order chi connectivity index (χ0) is 13.7. The first-order chi connectivity index (χ1) is 9.17. The van der Waals surface area contributed by atoms with Crippen molar-refractivity contribution in [2.45, 2.75) is 25.5 Å². The van der Waals surface area contributed by atoms with Crippen LogP contribution >= 0.6 is 0 Å². The molecule has 0 aromatic heterocycles. The number of hydrogen-bond acceptors (Lipinski definition) is 4. The van der Waals surface area contributed by atoms with E-state index in [1.54, 1.807) is 0 Å². The molecule has 2 rings (SSSR count). The van der Waals surface area contributed by atoms with Crippen LogP contribution in [0.5, 0.6) is 5.75 Å². The fourth-order valence-electron chi connectivity index (χ4n) is 2.46. The molecule has 0 bridgehead atoms. The molecule has 4 nitrogen and oxygen atoms in total. The highest BCUT2D eigenvalue weighted by molar-refractivity contribution is 5.28. The molecule has 0 aliphatic heterocycles. The van der Waals surface area contributed by atoms with Crippen LogP contribution in [0, 0.1) is 5.92 Å². The molecule has 1 fully saturated rings. The normalized spacial score (nSPS) is 22.3. The van der Waals surface area contributed by atoms with E-state index in [9.17, 15) is 5.11 Å². The molecule has 0 radical (unpaired) electrons. The monoisotopic (exact) mass is 264 g/mol. The van der Waals surface area contributed by atoms with Crippen LogP contribution in [0.4, 0.5) is 0 Å². The number of aliphatic hydroxyl groups excluding tert-OH is 1. The Labute approximate surface area is 115 Å². The van der Waals surface area contributed by atoms with Gasteiger partial charge in [-0.25, -0.2) is 0 Å². The lowest BCUT2D eigenvalue weighted by molar-refractivity contribution is 0.0269. The molecular weight excluding hydrogens is 240 g/mol. The summed E-state index contributed by atoms with van der Waals surface area (Å²) >= 11 is 0. The smallest absolute Gasteiger partial charge is 0.119 e. The van der Waals surface area contributed by atoms with Gasteiger partial charge in [-0.3, -0.25) is 0 Å². The Kier molecular flexibility index (Phi) is 5.19. The second-order valence-corrected chi connectivity index (χ2v) is 5.45. The third-order valence-corrected chi connectivity index (χ3v) is 3.66. The second kappa shape index (κ2) is 6.89. The van der Waals surface area contributed by atoms with Crippen molar-refractivity contribution < 1.29 is 9.84 Å². The van der Waals surface area contributed by atoms with Crippen molar-refractivity contribution in [3.63, 3.8) is 0 Å². The van der Waals surface area contributed by atoms with Gasteiger partial charge in [0.2, 0.25) is 0 Å². The summed E-state index contributed by atoms with van der Waals surface area (Å²) in [6, 6.07) is 7.92. The maximum atomic E-state index is 9.25. The Bertz CT molecular complexity index is 391. The van der Waals surface area contributed by atoms with Crippen molar-refractivity contribution in [1.82, 2.24) is 4.90 Å². The van der Waals surface area contributed by atoms with Crippen molar-refractivity contribution in [2.24, 2.45) is 11.7 Å². The van der Waals surface area contributed by atoms with E-state index >= 15 is 0 Å². The Morgan fingerprint density at radius 3 is 2.89 bits per heavy atom. The van der Waals surface area contributed by atoms with Crippen LogP contribution in [0.15, 0.2) is 24.3 Å². The molecule has 1 aromatic rings. The standard InChI is InChI=1S/C15H24N2O2/c1-17(11-13-7-14(18)8-13)5-6-19-15-4-2-3-12(9-15)10-16/h2-4,9,13-14,18H,5-8,10-11,16H2,1H3. The van der Waals surface area contributed by atoms with E-state index in [2.05, 4.69) is 11.9 Å². The third-order valence-electron chi connectivity index (χ3n) is 3.66. The van der Waals surface area contributed by atoms with Gasteiger partial charge < -0.3 is 20.5 Å². The number of hydrogen-bond donors (Lipinski definition) is 2. The first kappa shape index (κ1) is 14.3. The Hall–Kier alpha value is -1.10. The van der Waals surface area contributed by atoms with Gasteiger partial charge in [-0.15, -0.1) is 0 Å². The minimum absolute atomic E-state index is 0.0614. The molecule has 1 saturated carbocycles. The van der Waals surface area contributed by atoms with Crippen LogP contribution < -0.4 is 10.5 Å². The summed E-state index contributed by atoms with van der Waals surface area (Å²) in [4.78, 5) is 2.27. The fourth-order valence-corrected chi connectivity index (χ4v) is 2.46. The first-order valence-corrected chi connectivity index (χ1v) is 6.96. The van der Waals surface area contributed by atoms with Gasteiger partial charge in [0.25, 0.3) is 0 Å². The summed E-state index contributed by atoms with van der Waals surface area (Å²) in [6.45, 7) is 3.17. The van der Waals surface area contributed by atoms with Crippen molar-refractivity contribution in [1.29, 1.82) is 0 Å². The highest BCUT2D eigenvalue weighted by Gasteiger charge is 2.27. The van der Waals surface area contributed by atoms with Gasteiger partial charge in [-0.2, -0.15) is 0 Å². The van der Waals surface area contributed by atoms with Gasteiger partial charge in [0.15, 0.2) is 0 Å². The predicted molar refractivity (Wildman–Crippen MR) is 76.1 cm³/mol. The largest absolute Gasteiger partial charge is 0.492 e. The Balaban J connectivity index is 1.65. The highest BCUT2D eigenvalue weighted by atomic mass is 16.5. The van der Waals surface area contributed by atoms with Crippen molar-refractivity contribution in [3.05, 3.63) is 29.8 Å². The molecule has 1 aliphatic carbocycles. The van der Waals surface area contributed by atoms with E-state index in [0.717, 1.165) is 37.2 Å². The van der Waals surface area contributed by atoms with Crippen molar-refractivity contribution >= 4 is 0 Å². The van der Waals surface area contributed by atoms with E-state index < -0.39 is 0 Å². The van der Waals surface area contributed by atoms with E-state index in [4.69, 9.17) is 10.5 Å². The average molecular weight is 264 g/mol. The predicted octanol–water partition coefficient (Wildman–Crippen LogP) is 1.23. The fraction of sp³-hybridized carbons (Fsp3) is 0.600. The first-order valence-electron chi connectivity index (χ1n) is 6.96. The lowest BCUT2D eigenvalue weighted by Crippen LogP contribution is -2.38. The molecule has 19 heavy (non-hydrogen) atoms. The van der Waals surface area contributed by atoms with Crippen molar-refractivity contribution in [2.75, 3.05) is 26.7 Å². The Morgan fingerprint density at radius 1 is 1.42 bits per heavy atom. The van der Waals surface area contributed by atoms with E-state index in [0.29, 0.717) is 19.1 Å². The van der Waals surface area contributed by atoms with Crippen molar-refractivity contribution in [3.8, 4) is 5.75 Å². The van der Waals surface area contributed by atoms with Crippen LogP contribution in [0.1, 0.15) is 18.4 Å². The van der Waals surface area contributed by atoms with Gasteiger partial charge >= 0.3 is 0 Å². The molecule has 0 saturated heterocycles. The maximum absolute atomic E-state index is 9.25. The quantitative estimate of drug-likeness (QED) is 0.777. The molecule has 0 spiro atoms. The second-order valence-electron chi connectivity index (χ2n) is 5.45. The number of nitrogens with two attached hydrogens (primary N) is 1. The molecule has 4 heteroatoms. The third kappa shape index (κ3) is 4.49.